The highest BCUT2D eigenvalue weighted by molar-refractivity contribution is 7.13. The van der Waals surface area contributed by atoms with E-state index >= 15 is 0 Å². The van der Waals surface area contributed by atoms with Gasteiger partial charge in [-0.3, -0.25) is 14.5 Å². The Morgan fingerprint density at radius 2 is 1.53 bits per heavy atom. The fourth-order valence-electron chi connectivity index (χ4n) is 4.89. The van der Waals surface area contributed by atoms with E-state index in [4.69, 9.17) is 14.2 Å². The van der Waals surface area contributed by atoms with Gasteiger partial charge in [0.15, 0.2) is 0 Å². The molecule has 2 amide bonds. The molecule has 1 saturated carbocycles. The van der Waals surface area contributed by atoms with Crippen LogP contribution in [0, 0.1) is 13.8 Å². The van der Waals surface area contributed by atoms with Gasteiger partial charge in [0.05, 0.1) is 37.7 Å². The molecule has 2 aromatic carbocycles. The number of aromatic nitrogens is 1. The molecule has 0 radical (unpaired) electrons. The van der Waals surface area contributed by atoms with E-state index < -0.39 is 6.04 Å². The highest BCUT2D eigenvalue weighted by Gasteiger charge is 2.36. The van der Waals surface area contributed by atoms with Crippen LogP contribution in [0.3, 0.4) is 0 Å². The minimum atomic E-state index is -0.950. The molecule has 202 valence electrons. The molecule has 9 heteroatoms. The summed E-state index contributed by atoms with van der Waals surface area (Å²) in [6.07, 6.45) is 5.18. The molecule has 1 aliphatic carbocycles. The normalized spacial score (nSPS) is 14.4. The Morgan fingerprint density at radius 3 is 2.05 bits per heavy atom. The second-order valence-corrected chi connectivity index (χ2v) is 10.6. The molecule has 1 heterocycles. The van der Waals surface area contributed by atoms with Crippen molar-refractivity contribution in [3.63, 3.8) is 0 Å². The van der Waals surface area contributed by atoms with Crippen LogP contribution in [0.25, 0.3) is 0 Å². The van der Waals surface area contributed by atoms with Crippen molar-refractivity contribution < 1.29 is 23.8 Å². The van der Waals surface area contributed by atoms with Crippen LogP contribution in [0.5, 0.6) is 17.2 Å². The molecule has 0 unspecified atom stereocenters. The highest BCUT2D eigenvalue weighted by Crippen LogP contribution is 2.37. The van der Waals surface area contributed by atoms with Gasteiger partial charge in [0.25, 0.3) is 5.91 Å². The van der Waals surface area contributed by atoms with Crippen LogP contribution >= 0.6 is 11.3 Å². The number of nitrogens with zero attached hydrogens (tertiary/aromatic N) is 2. The maximum atomic E-state index is 14.3. The van der Waals surface area contributed by atoms with Gasteiger partial charge >= 0.3 is 0 Å². The van der Waals surface area contributed by atoms with Crippen LogP contribution in [0.4, 0.5) is 5.69 Å². The van der Waals surface area contributed by atoms with E-state index in [2.05, 4.69) is 10.3 Å². The standard InChI is InChI=1S/C29H35N3O5S/c1-18-27(38-19(2)30-18)29(34)32(22-15-24(36-4)17-25(16-22)37-5)26(20-11-13-23(35-3)14-12-20)28(33)31-21-9-7-6-8-10-21/h11-17,21,26H,6-10H2,1-5H3,(H,31,33)/t26-/m1/s1. The maximum absolute atomic E-state index is 14.3. The number of benzene rings is 2. The number of rotatable bonds is 9. The Morgan fingerprint density at radius 1 is 0.921 bits per heavy atom. The molecule has 0 spiro atoms. The summed E-state index contributed by atoms with van der Waals surface area (Å²) >= 11 is 1.31. The molecule has 0 bridgehead atoms. The summed E-state index contributed by atoms with van der Waals surface area (Å²) in [6, 6.07) is 11.6. The summed E-state index contributed by atoms with van der Waals surface area (Å²) in [6.45, 7) is 3.68. The van der Waals surface area contributed by atoms with Gasteiger partial charge in [-0.05, 0) is 44.4 Å². The number of carbonyl (C=O) groups is 2. The lowest BCUT2D eigenvalue weighted by atomic mass is 9.94. The van der Waals surface area contributed by atoms with Crippen molar-refractivity contribution in [1.29, 1.82) is 0 Å². The fourth-order valence-corrected chi connectivity index (χ4v) is 5.74. The second kappa shape index (κ2) is 12.3. The Labute approximate surface area is 227 Å². The SMILES string of the molecule is COc1ccc([C@H](C(=O)NC2CCCCC2)N(C(=O)c2sc(C)nc2C)c2cc(OC)cc(OC)c2)cc1. The molecule has 0 aliphatic heterocycles. The zero-order chi connectivity index (χ0) is 27.2. The van der Waals surface area contributed by atoms with Gasteiger partial charge in [-0.1, -0.05) is 31.4 Å². The summed E-state index contributed by atoms with van der Waals surface area (Å²) in [5.74, 6) is 1.13. The largest absolute Gasteiger partial charge is 0.497 e. The first kappa shape index (κ1) is 27.4. The number of amides is 2. The zero-order valence-corrected chi connectivity index (χ0v) is 23.4. The van der Waals surface area contributed by atoms with E-state index in [-0.39, 0.29) is 17.9 Å². The van der Waals surface area contributed by atoms with Crippen LogP contribution in [0.15, 0.2) is 42.5 Å². The van der Waals surface area contributed by atoms with E-state index in [1.54, 1.807) is 51.7 Å². The van der Waals surface area contributed by atoms with Gasteiger partial charge in [-0.25, -0.2) is 4.98 Å². The molecular formula is C29H35N3O5S. The number of ether oxygens (including phenoxy) is 3. The number of nitrogens with one attached hydrogen (secondary N) is 1. The first-order valence-corrected chi connectivity index (χ1v) is 13.6. The van der Waals surface area contributed by atoms with Gasteiger partial charge in [-0.15, -0.1) is 11.3 Å². The molecule has 1 aromatic heterocycles. The van der Waals surface area contributed by atoms with E-state index in [0.29, 0.717) is 39.1 Å². The number of hydrogen-bond donors (Lipinski definition) is 1. The summed E-state index contributed by atoms with van der Waals surface area (Å²) in [4.78, 5) is 34.9. The molecule has 1 fully saturated rings. The number of aryl methyl sites for hydroxylation is 2. The first-order valence-electron chi connectivity index (χ1n) is 12.8. The van der Waals surface area contributed by atoms with Crippen LogP contribution < -0.4 is 24.4 Å². The summed E-state index contributed by atoms with van der Waals surface area (Å²) in [7, 11) is 4.70. The Hall–Kier alpha value is -3.59. The van der Waals surface area contributed by atoms with Gasteiger partial charge in [0, 0.05) is 24.2 Å². The molecule has 0 saturated heterocycles. The predicted molar refractivity (Wildman–Crippen MR) is 149 cm³/mol. The van der Waals surface area contributed by atoms with Gasteiger partial charge in [-0.2, -0.15) is 0 Å². The molecule has 3 aromatic rings. The third-order valence-corrected chi connectivity index (χ3v) is 7.88. The Kier molecular flexibility index (Phi) is 8.89. The summed E-state index contributed by atoms with van der Waals surface area (Å²) in [5.41, 5.74) is 1.77. The van der Waals surface area contributed by atoms with Crippen molar-refractivity contribution in [2.45, 2.75) is 58.0 Å². The van der Waals surface area contributed by atoms with Crippen molar-refractivity contribution >= 4 is 28.8 Å². The molecule has 1 N–H and O–H groups in total. The van der Waals surface area contributed by atoms with Gasteiger partial charge in [0.2, 0.25) is 5.91 Å². The van der Waals surface area contributed by atoms with E-state index in [0.717, 1.165) is 30.7 Å². The topological polar surface area (TPSA) is 90.0 Å². The van der Waals surface area contributed by atoms with Crippen LogP contribution in [-0.2, 0) is 4.79 Å². The number of hydrogen-bond acceptors (Lipinski definition) is 7. The van der Waals surface area contributed by atoms with Crippen molar-refractivity contribution in [3.8, 4) is 17.2 Å². The fraction of sp³-hybridized carbons (Fsp3) is 0.414. The Balaban J connectivity index is 1.88. The Bertz CT molecular complexity index is 1250. The first-order chi connectivity index (χ1) is 18.3. The zero-order valence-electron chi connectivity index (χ0n) is 22.6. The minimum absolute atomic E-state index is 0.0705. The number of anilines is 1. The number of methoxy groups -OCH3 is 3. The molecule has 4 rings (SSSR count). The summed E-state index contributed by atoms with van der Waals surface area (Å²) < 4.78 is 16.4. The molecule has 38 heavy (non-hydrogen) atoms. The van der Waals surface area contributed by atoms with Gasteiger partial charge in [0.1, 0.15) is 28.2 Å². The number of thiazole rings is 1. The van der Waals surface area contributed by atoms with Crippen molar-refractivity contribution in [2.24, 2.45) is 0 Å². The van der Waals surface area contributed by atoms with Crippen molar-refractivity contribution in [2.75, 3.05) is 26.2 Å². The minimum Gasteiger partial charge on any atom is -0.497 e. The lowest BCUT2D eigenvalue weighted by Gasteiger charge is -2.33. The average Bonchev–Trinajstić information content (AvgIpc) is 3.29. The third kappa shape index (κ3) is 6.10. The van der Waals surface area contributed by atoms with Crippen LogP contribution in [0.1, 0.15) is 64.1 Å². The van der Waals surface area contributed by atoms with E-state index in [1.165, 1.54) is 22.7 Å². The molecule has 1 atom stereocenters. The smallest absolute Gasteiger partial charge is 0.271 e. The third-order valence-electron chi connectivity index (χ3n) is 6.82. The van der Waals surface area contributed by atoms with Crippen molar-refractivity contribution in [3.05, 3.63) is 63.6 Å². The maximum Gasteiger partial charge on any atom is 0.271 e. The van der Waals surface area contributed by atoms with Crippen molar-refractivity contribution in [1.82, 2.24) is 10.3 Å². The predicted octanol–water partition coefficient (Wildman–Crippen LogP) is 5.62. The van der Waals surface area contributed by atoms with E-state index in [1.807, 2.05) is 26.0 Å². The van der Waals surface area contributed by atoms with E-state index in [9.17, 15) is 9.59 Å². The second-order valence-electron chi connectivity index (χ2n) is 9.41. The molecular weight excluding hydrogens is 502 g/mol. The van der Waals surface area contributed by atoms with Crippen LogP contribution in [0.2, 0.25) is 0 Å². The van der Waals surface area contributed by atoms with Crippen LogP contribution in [-0.4, -0.2) is 44.2 Å². The lowest BCUT2D eigenvalue weighted by molar-refractivity contribution is -0.123. The van der Waals surface area contributed by atoms with Gasteiger partial charge < -0.3 is 19.5 Å². The quantitative estimate of drug-likeness (QED) is 0.381. The molecule has 1 aliphatic rings. The lowest BCUT2D eigenvalue weighted by Crippen LogP contribution is -2.47. The summed E-state index contributed by atoms with van der Waals surface area (Å²) in [5, 5.41) is 4.02. The highest BCUT2D eigenvalue weighted by atomic mass is 32.1. The number of carbonyl (C=O) groups excluding carboxylic acids is 2. The average molecular weight is 538 g/mol. The monoisotopic (exact) mass is 537 g/mol. The molecule has 8 nitrogen and oxygen atoms in total.